The predicted octanol–water partition coefficient (Wildman–Crippen LogP) is 2.41. The highest BCUT2D eigenvalue weighted by atomic mass is 16.2. The van der Waals surface area contributed by atoms with E-state index in [4.69, 9.17) is 0 Å². The van der Waals surface area contributed by atoms with Gasteiger partial charge in [-0.15, -0.1) is 0 Å². The van der Waals surface area contributed by atoms with Gasteiger partial charge in [0.05, 0.1) is 5.71 Å². The molecule has 4 nitrogen and oxygen atoms in total. The van der Waals surface area contributed by atoms with Crippen molar-refractivity contribution >= 4 is 17.5 Å². The van der Waals surface area contributed by atoms with E-state index in [9.17, 15) is 9.59 Å². The van der Waals surface area contributed by atoms with Gasteiger partial charge in [-0.1, -0.05) is 29.8 Å². The third kappa shape index (κ3) is 2.74. The summed E-state index contributed by atoms with van der Waals surface area (Å²) in [7, 11) is 0. The number of amides is 2. The van der Waals surface area contributed by atoms with Crippen LogP contribution in [0, 0.1) is 5.92 Å². The normalized spacial score (nSPS) is 22.2. The van der Waals surface area contributed by atoms with Crippen LogP contribution < -0.4 is 5.32 Å². The fourth-order valence-corrected chi connectivity index (χ4v) is 2.41. The number of carbonyl (C=O) groups is 2. The summed E-state index contributed by atoms with van der Waals surface area (Å²) in [4.78, 5) is 27.7. The van der Waals surface area contributed by atoms with Crippen LogP contribution >= 0.6 is 0 Å². The standard InChI is InChI=1S/C17H14N2O2/c1-11-9-16(20)19-15-10-13(7-8-14(11)15)18-17(21)12-5-3-2-4-6-12/h2-10,14H,1H3,(H,19,20). The Labute approximate surface area is 122 Å². The molecule has 0 aromatic heterocycles. The first-order valence-electron chi connectivity index (χ1n) is 6.70. The van der Waals surface area contributed by atoms with E-state index in [1.165, 1.54) is 0 Å². The molecule has 0 fully saturated rings. The van der Waals surface area contributed by atoms with E-state index in [2.05, 4.69) is 10.3 Å². The number of fused-ring (bicyclic) bond motifs is 1. The molecule has 0 radical (unpaired) electrons. The van der Waals surface area contributed by atoms with Crippen LogP contribution in [0.3, 0.4) is 0 Å². The molecule has 0 spiro atoms. The van der Waals surface area contributed by atoms with Crippen LogP contribution in [-0.2, 0) is 4.79 Å². The molecule has 3 rings (SSSR count). The van der Waals surface area contributed by atoms with E-state index in [0.717, 1.165) is 11.3 Å². The van der Waals surface area contributed by atoms with E-state index in [-0.39, 0.29) is 17.7 Å². The maximum Gasteiger partial charge on any atom is 0.277 e. The Kier molecular flexibility index (Phi) is 3.36. The Morgan fingerprint density at radius 2 is 1.95 bits per heavy atom. The van der Waals surface area contributed by atoms with Crippen LogP contribution in [0.2, 0.25) is 0 Å². The topological polar surface area (TPSA) is 58.5 Å². The van der Waals surface area contributed by atoms with Gasteiger partial charge in [0, 0.05) is 23.3 Å². The summed E-state index contributed by atoms with van der Waals surface area (Å²) in [5.74, 6) is -0.368. The summed E-state index contributed by atoms with van der Waals surface area (Å²) >= 11 is 0. The molecular formula is C17H14N2O2. The molecule has 1 N–H and O–H groups in total. The lowest BCUT2D eigenvalue weighted by Crippen LogP contribution is -2.32. The Bertz CT molecular complexity index is 724. The SMILES string of the molecule is CC1=CC(=O)NC2=CC(=NC(=O)c3ccccc3)C=CC12. The van der Waals surface area contributed by atoms with Crippen molar-refractivity contribution in [1.82, 2.24) is 5.32 Å². The molecule has 4 heteroatoms. The summed E-state index contributed by atoms with van der Waals surface area (Å²) in [5, 5.41) is 2.79. The average molecular weight is 278 g/mol. The number of hydrogen-bond acceptors (Lipinski definition) is 2. The van der Waals surface area contributed by atoms with Crippen molar-refractivity contribution in [2.45, 2.75) is 6.92 Å². The maximum absolute atomic E-state index is 12.1. The summed E-state index contributed by atoms with van der Waals surface area (Å²) < 4.78 is 0. The number of allylic oxidation sites excluding steroid dienone is 3. The molecule has 1 atom stereocenters. The van der Waals surface area contributed by atoms with Crippen LogP contribution in [-0.4, -0.2) is 17.5 Å². The van der Waals surface area contributed by atoms with Gasteiger partial charge in [0.15, 0.2) is 0 Å². The quantitative estimate of drug-likeness (QED) is 0.857. The molecule has 1 unspecified atom stereocenters. The van der Waals surface area contributed by atoms with Crippen LogP contribution in [0.25, 0.3) is 0 Å². The van der Waals surface area contributed by atoms with Gasteiger partial charge in [-0.3, -0.25) is 9.59 Å². The highest BCUT2D eigenvalue weighted by Crippen LogP contribution is 2.26. The second-order valence-corrected chi connectivity index (χ2v) is 5.02. The molecule has 1 heterocycles. The Morgan fingerprint density at radius 1 is 1.19 bits per heavy atom. The minimum absolute atomic E-state index is 0.0634. The van der Waals surface area contributed by atoms with E-state index in [0.29, 0.717) is 11.3 Å². The van der Waals surface area contributed by atoms with Gasteiger partial charge in [0.1, 0.15) is 0 Å². The molecule has 1 aromatic rings. The predicted molar refractivity (Wildman–Crippen MR) is 80.8 cm³/mol. The number of benzene rings is 1. The lowest BCUT2D eigenvalue weighted by molar-refractivity contribution is -0.116. The molecule has 1 aliphatic heterocycles. The van der Waals surface area contributed by atoms with Crippen molar-refractivity contribution in [3.63, 3.8) is 0 Å². The van der Waals surface area contributed by atoms with E-state index < -0.39 is 0 Å². The first kappa shape index (κ1) is 13.2. The number of hydrogen-bond donors (Lipinski definition) is 1. The second-order valence-electron chi connectivity index (χ2n) is 5.02. The fourth-order valence-electron chi connectivity index (χ4n) is 2.41. The molecule has 1 aliphatic carbocycles. The van der Waals surface area contributed by atoms with Gasteiger partial charge in [0.2, 0.25) is 5.91 Å². The number of carbonyl (C=O) groups excluding carboxylic acids is 2. The van der Waals surface area contributed by atoms with Gasteiger partial charge in [-0.2, -0.15) is 0 Å². The average Bonchev–Trinajstić information content (AvgIpc) is 2.47. The summed E-state index contributed by atoms with van der Waals surface area (Å²) in [5.41, 5.74) is 2.84. The smallest absolute Gasteiger partial charge is 0.277 e. The third-order valence-electron chi connectivity index (χ3n) is 3.47. The first-order chi connectivity index (χ1) is 10.1. The summed E-state index contributed by atoms with van der Waals surface area (Å²) in [6.45, 7) is 1.92. The van der Waals surface area contributed by atoms with Gasteiger partial charge in [-0.25, -0.2) is 4.99 Å². The molecule has 1 aromatic carbocycles. The Morgan fingerprint density at radius 3 is 2.71 bits per heavy atom. The lowest BCUT2D eigenvalue weighted by Gasteiger charge is -2.25. The molecule has 21 heavy (non-hydrogen) atoms. The van der Waals surface area contributed by atoms with Crippen LogP contribution in [0.15, 0.2) is 70.9 Å². The molecular weight excluding hydrogens is 264 g/mol. The van der Waals surface area contributed by atoms with Crippen molar-refractivity contribution < 1.29 is 9.59 Å². The molecule has 0 saturated heterocycles. The van der Waals surface area contributed by atoms with E-state index in [1.807, 2.05) is 25.1 Å². The van der Waals surface area contributed by atoms with E-state index in [1.54, 1.807) is 36.4 Å². The van der Waals surface area contributed by atoms with Gasteiger partial charge >= 0.3 is 0 Å². The molecule has 2 amide bonds. The van der Waals surface area contributed by atoms with Crippen molar-refractivity contribution in [2.75, 3.05) is 0 Å². The Balaban J connectivity index is 1.88. The largest absolute Gasteiger partial charge is 0.325 e. The highest BCUT2D eigenvalue weighted by Gasteiger charge is 2.23. The molecule has 2 aliphatic rings. The first-order valence-corrected chi connectivity index (χ1v) is 6.70. The van der Waals surface area contributed by atoms with Crippen molar-refractivity contribution in [2.24, 2.45) is 10.9 Å². The van der Waals surface area contributed by atoms with Crippen molar-refractivity contribution in [3.8, 4) is 0 Å². The Hall–Kier alpha value is -2.75. The van der Waals surface area contributed by atoms with Crippen LogP contribution in [0.1, 0.15) is 17.3 Å². The van der Waals surface area contributed by atoms with Crippen LogP contribution in [0.5, 0.6) is 0 Å². The minimum atomic E-state index is -0.292. The summed E-state index contributed by atoms with van der Waals surface area (Å²) in [6, 6.07) is 8.90. The zero-order valence-electron chi connectivity index (χ0n) is 11.5. The second kappa shape index (κ2) is 5.32. The number of aliphatic imine (C=N–C) groups is 1. The fraction of sp³-hybridized carbons (Fsp3) is 0.118. The maximum atomic E-state index is 12.1. The number of rotatable bonds is 1. The highest BCUT2D eigenvalue weighted by molar-refractivity contribution is 6.14. The van der Waals surface area contributed by atoms with Crippen molar-refractivity contribution in [1.29, 1.82) is 0 Å². The van der Waals surface area contributed by atoms with E-state index >= 15 is 0 Å². The zero-order valence-corrected chi connectivity index (χ0v) is 11.5. The number of nitrogens with one attached hydrogen (secondary N) is 1. The van der Waals surface area contributed by atoms with Crippen LogP contribution in [0.4, 0.5) is 0 Å². The van der Waals surface area contributed by atoms with Gasteiger partial charge in [-0.05, 0) is 31.2 Å². The molecule has 104 valence electrons. The lowest BCUT2D eigenvalue weighted by atomic mass is 9.89. The number of nitrogens with zero attached hydrogens (tertiary/aromatic N) is 1. The zero-order chi connectivity index (χ0) is 14.8. The van der Waals surface area contributed by atoms with Gasteiger partial charge in [0.25, 0.3) is 5.91 Å². The monoisotopic (exact) mass is 278 g/mol. The summed E-state index contributed by atoms with van der Waals surface area (Å²) in [6.07, 6.45) is 7.09. The molecule has 0 saturated carbocycles. The third-order valence-corrected chi connectivity index (χ3v) is 3.47. The molecule has 0 bridgehead atoms. The van der Waals surface area contributed by atoms with Gasteiger partial charge < -0.3 is 5.32 Å². The minimum Gasteiger partial charge on any atom is -0.325 e. The van der Waals surface area contributed by atoms with Crippen molar-refractivity contribution in [3.05, 3.63) is 71.5 Å².